The van der Waals surface area contributed by atoms with Gasteiger partial charge in [-0.15, -0.1) is 0 Å². The number of rotatable bonds is 3. The molecule has 1 saturated heterocycles. The highest BCUT2D eigenvalue weighted by atomic mass is 79.9. The van der Waals surface area contributed by atoms with Gasteiger partial charge in [0.2, 0.25) is 0 Å². The van der Waals surface area contributed by atoms with Crippen molar-refractivity contribution in [2.24, 2.45) is 0 Å². The second kappa shape index (κ2) is 6.44. The van der Waals surface area contributed by atoms with Gasteiger partial charge in [0.25, 0.3) is 5.91 Å². The second-order valence-corrected chi connectivity index (χ2v) is 6.12. The van der Waals surface area contributed by atoms with E-state index in [1.54, 1.807) is 13.3 Å². The number of anilines is 1. The van der Waals surface area contributed by atoms with E-state index >= 15 is 0 Å². The largest absolute Gasteiger partial charge is 0.497 e. The molecule has 0 bridgehead atoms. The maximum Gasteiger partial charge on any atom is 0.270 e. The summed E-state index contributed by atoms with van der Waals surface area (Å²) in [5.74, 6) is 0.912. The number of aromatic nitrogens is 1. The minimum absolute atomic E-state index is 0.0556. The Bertz CT molecular complexity index is 646. The monoisotopic (exact) mass is 363 g/mol. The molecule has 1 N–H and O–H groups in total. The fourth-order valence-corrected chi connectivity index (χ4v) is 2.97. The van der Waals surface area contributed by atoms with Crippen LogP contribution in [0.3, 0.4) is 0 Å². The lowest BCUT2D eigenvalue weighted by Gasteiger charge is -2.36. The number of H-pyrrole nitrogens is 1. The molecule has 6 heteroatoms. The van der Waals surface area contributed by atoms with Crippen molar-refractivity contribution >= 4 is 27.5 Å². The number of benzene rings is 1. The zero-order valence-corrected chi connectivity index (χ0v) is 14.0. The van der Waals surface area contributed by atoms with E-state index in [0.29, 0.717) is 5.69 Å². The number of hydrogen-bond donors (Lipinski definition) is 1. The van der Waals surface area contributed by atoms with Crippen molar-refractivity contribution < 1.29 is 9.53 Å². The number of hydrogen-bond acceptors (Lipinski definition) is 3. The van der Waals surface area contributed by atoms with Gasteiger partial charge < -0.3 is 19.5 Å². The maximum atomic E-state index is 12.4. The summed E-state index contributed by atoms with van der Waals surface area (Å²) in [6.07, 6.45) is 1.78. The minimum Gasteiger partial charge on any atom is -0.497 e. The molecule has 1 amide bonds. The van der Waals surface area contributed by atoms with Crippen LogP contribution in [-0.4, -0.2) is 49.1 Å². The molecule has 5 nitrogen and oxygen atoms in total. The first kappa shape index (κ1) is 15.0. The molecule has 3 rings (SSSR count). The van der Waals surface area contributed by atoms with E-state index in [-0.39, 0.29) is 5.91 Å². The predicted molar refractivity (Wildman–Crippen MR) is 89.6 cm³/mol. The van der Waals surface area contributed by atoms with E-state index in [2.05, 4.69) is 37.9 Å². The number of nitrogens with one attached hydrogen (secondary N) is 1. The van der Waals surface area contributed by atoms with Crippen LogP contribution in [-0.2, 0) is 0 Å². The molecule has 0 saturated carbocycles. The summed E-state index contributed by atoms with van der Waals surface area (Å²) in [7, 11) is 1.67. The fourth-order valence-electron chi connectivity index (χ4n) is 2.62. The third-order valence-corrected chi connectivity index (χ3v) is 4.34. The molecular formula is C16H18BrN3O2. The van der Waals surface area contributed by atoms with Gasteiger partial charge >= 0.3 is 0 Å². The lowest BCUT2D eigenvalue weighted by Crippen LogP contribution is -2.48. The molecule has 116 valence electrons. The molecule has 0 spiro atoms. The Morgan fingerprint density at radius 3 is 2.41 bits per heavy atom. The summed E-state index contributed by atoms with van der Waals surface area (Å²) in [5, 5.41) is 0. The van der Waals surface area contributed by atoms with Crippen molar-refractivity contribution in [2.45, 2.75) is 0 Å². The Morgan fingerprint density at radius 2 is 1.86 bits per heavy atom. The van der Waals surface area contributed by atoms with Crippen LogP contribution in [0.25, 0.3) is 0 Å². The maximum absolute atomic E-state index is 12.4. The lowest BCUT2D eigenvalue weighted by atomic mass is 10.2. The molecule has 1 fully saturated rings. The molecule has 2 heterocycles. The number of aromatic amines is 1. The van der Waals surface area contributed by atoms with Gasteiger partial charge in [-0.25, -0.2) is 0 Å². The van der Waals surface area contributed by atoms with E-state index in [4.69, 9.17) is 4.74 Å². The van der Waals surface area contributed by atoms with Crippen molar-refractivity contribution in [3.05, 3.63) is 46.7 Å². The van der Waals surface area contributed by atoms with E-state index < -0.39 is 0 Å². The van der Waals surface area contributed by atoms with Crippen LogP contribution >= 0.6 is 15.9 Å². The first-order valence-electron chi connectivity index (χ1n) is 7.19. The lowest BCUT2D eigenvalue weighted by molar-refractivity contribution is 0.0741. The van der Waals surface area contributed by atoms with Gasteiger partial charge in [-0.2, -0.15) is 0 Å². The zero-order chi connectivity index (χ0) is 15.5. The van der Waals surface area contributed by atoms with E-state index in [0.717, 1.165) is 42.1 Å². The summed E-state index contributed by atoms with van der Waals surface area (Å²) in [5.41, 5.74) is 1.79. The third-order valence-electron chi connectivity index (χ3n) is 3.88. The van der Waals surface area contributed by atoms with E-state index in [1.165, 1.54) is 0 Å². The number of nitrogens with zero attached hydrogens (tertiary/aromatic N) is 2. The number of piperazine rings is 1. The number of carbonyl (C=O) groups excluding carboxylic acids is 1. The SMILES string of the molecule is COc1ccc(N2CCN(C(=O)c3cc(Br)c[nH]3)CC2)cc1. The Morgan fingerprint density at radius 1 is 1.18 bits per heavy atom. The Labute approximate surface area is 138 Å². The molecule has 0 aliphatic carbocycles. The minimum atomic E-state index is 0.0556. The van der Waals surface area contributed by atoms with Gasteiger partial charge in [-0.05, 0) is 46.3 Å². The number of ether oxygens (including phenoxy) is 1. The molecule has 1 aliphatic rings. The molecule has 1 aromatic heterocycles. The van der Waals surface area contributed by atoms with Gasteiger partial charge in [0, 0.05) is 42.5 Å². The van der Waals surface area contributed by atoms with Crippen molar-refractivity contribution in [3.8, 4) is 5.75 Å². The predicted octanol–water partition coefficient (Wildman–Crippen LogP) is 2.75. The van der Waals surface area contributed by atoms with Crippen LogP contribution in [0.2, 0.25) is 0 Å². The highest BCUT2D eigenvalue weighted by Crippen LogP contribution is 2.21. The van der Waals surface area contributed by atoms with Crippen LogP contribution in [0.1, 0.15) is 10.5 Å². The van der Waals surface area contributed by atoms with Gasteiger partial charge in [-0.3, -0.25) is 4.79 Å². The summed E-state index contributed by atoms with van der Waals surface area (Å²) < 4.78 is 6.07. The Balaban J connectivity index is 1.61. The first-order valence-corrected chi connectivity index (χ1v) is 7.99. The van der Waals surface area contributed by atoms with E-state index in [1.807, 2.05) is 23.1 Å². The van der Waals surface area contributed by atoms with Crippen molar-refractivity contribution in [3.63, 3.8) is 0 Å². The van der Waals surface area contributed by atoms with Gasteiger partial charge in [0.15, 0.2) is 0 Å². The topological polar surface area (TPSA) is 48.6 Å². The summed E-state index contributed by atoms with van der Waals surface area (Å²) >= 11 is 3.36. The van der Waals surface area contributed by atoms with Crippen molar-refractivity contribution in [1.29, 1.82) is 0 Å². The number of carbonyl (C=O) groups is 1. The molecule has 0 unspecified atom stereocenters. The summed E-state index contributed by atoms with van der Waals surface area (Å²) in [6.45, 7) is 3.11. The molecule has 2 aromatic rings. The molecular weight excluding hydrogens is 346 g/mol. The third kappa shape index (κ3) is 3.11. The highest BCUT2D eigenvalue weighted by molar-refractivity contribution is 9.10. The fraction of sp³-hybridized carbons (Fsp3) is 0.312. The summed E-state index contributed by atoms with van der Waals surface area (Å²) in [6, 6.07) is 9.85. The molecule has 0 atom stereocenters. The first-order chi connectivity index (χ1) is 10.7. The summed E-state index contributed by atoms with van der Waals surface area (Å²) in [4.78, 5) is 19.5. The molecule has 1 aromatic carbocycles. The average Bonchev–Trinajstić information content (AvgIpc) is 3.01. The van der Waals surface area contributed by atoms with Gasteiger partial charge in [-0.1, -0.05) is 0 Å². The van der Waals surface area contributed by atoms with Crippen LogP contribution in [0.15, 0.2) is 41.0 Å². The Kier molecular flexibility index (Phi) is 4.38. The van der Waals surface area contributed by atoms with Crippen molar-refractivity contribution in [2.75, 3.05) is 38.2 Å². The zero-order valence-electron chi connectivity index (χ0n) is 12.4. The number of halogens is 1. The van der Waals surface area contributed by atoms with Crippen LogP contribution in [0.5, 0.6) is 5.75 Å². The molecule has 0 radical (unpaired) electrons. The smallest absolute Gasteiger partial charge is 0.270 e. The van der Waals surface area contributed by atoms with E-state index in [9.17, 15) is 4.79 Å². The van der Waals surface area contributed by atoms with Gasteiger partial charge in [0.1, 0.15) is 11.4 Å². The highest BCUT2D eigenvalue weighted by Gasteiger charge is 2.23. The van der Waals surface area contributed by atoms with Gasteiger partial charge in [0.05, 0.1) is 7.11 Å². The average molecular weight is 364 g/mol. The number of amides is 1. The molecule has 22 heavy (non-hydrogen) atoms. The van der Waals surface area contributed by atoms with Crippen LogP contribution < -0.4 is 9.64 Å². The van der Waals surface area contributed by atoms with Crippen LogP contribution in [0, 0.1) is 0 Å². The standard InChI is InChI=1S/C16H18BrN3O2/c1-22-14-4-2-13(3-5-14)19-6-8-20(9-7-19)16(21)15-10-12(17)11-18-15/h2-5,10-11,18H,6-9H2,1H3. The van der Waals surface area contributed by atoms with Crippen LogP contribution in [0.4, 0.5) is 5.69 Å². The normalized spacial score (nSPS) is 15.0. The van der Waals surface area contributed by atoms with Crippen molar-refractivity contribution in [1.82, 2.24) is 9.88 Å². The molecule has 1 aliphatic heterocycles. The second-order valence-electron chi connectivity index (χ2n) is 5.21. The number of methoxy groups -OCH3 is 1. The quantitative estimate of drug-likeness (QED) is 0.911. The Hall–Kier alpha value is -1.95.